The summed E-state index contributed by atoms with van der Waals surface area (Å²) < 4.78 is 0. The summed E-state index contributed by atoms with van der Waals surface area (Å²) in [5.41, 5.74) is 5.97. The molecule has 1 aliphatic rings. The van der Waals surface area contributed by atoms with Crippen LogP contribution in [0.1, 0.15) is 36.0 Å². The molecule has 2 rings (SSSR count). The van der Waals surface area contributed by atoms with Crippen molar-refractivity contribution in [2.24, 2.45) is 5.73 Å². The second-order valence-electron chi connectivity index (χ2n) is 4.74. The van der Waals surface area contributed by atoms with Crippen LogP contribution in [0.4, 0.5) is 0 Å². The average molecular weight is 248 g/mol. The summed E-state index contributed by atoms with van der Waals surface area (Å²) >= 11 is 0. The molecule has 1 aromatic carbocycles. The van der Waals surface area contributed by atoms with E-state index in [-0.39, 0.29) is 17.7 Å². The molecule has 4 heteroatoms. The van der Waals surface area contributed by atoms with E-state index in [1.165, 1.54) is 12.8 Å². The summed E-state index contributed by atoms with van der Waals surface area (Å²) in [4.78, 5) is 14.3. The lowest BCUT2D eigenvalue weighted by atomic mass is 10.1. The third kappa shape index (κ3) is 2.64. The summed E-state index contributed by atoms with van der Waals surface area (Å²) in [6, 6.07) is 6.97. The van der Waals surface area contributed by atoms with Crippen molar-refractivity contribution in [3.05, 3.63) is 29.8 Å². The first-order chi connectivity index (χ1) is 8.74. The van der Waals surface area contributed by atoms with Gasteiger partial charge in [-0.25, -0.2) is 0 Å². The van der Waals surface area contributed by atoms with Gasteiger partial charge in [0.05, 0.1) is 5.56 Å². The number of carbonyl (C=O) groups excluding carboxylic acids is 1. The number of hydrogen-bond donors (Lipinski definition) is 2. The average Bonchev–Trinajstić information content (AvgIpc) is 2.89. The molecule has 18 heavy (non-hydrogen) atoms. The molecule has 0 aromatic heterocycles. The Kier molecular flexibility index (Phi) is 4.20. The van der Waals surface area contributed by atoms with Crippen molar-refractivity contribution in [3.63, 3.8) is 0 Å². The van der Waals surface area contributed by atoms with Crippen LogP contribution in [0.15, 0.2) is 24.3 Å². The molecule has 0 heterocycles. The van der Waals surface area contributed by atoms with Crippen molar-refractivity contribution in [1.82, 2.24) is 4.90 Å². The molecule has 0 aliphatic heterocycles. The largest absolute Gasteiger partial charge is 0.507 e. The molecule has 3 N–H and O–H groups in total. The predicted octanol–water partition coefficient (Wildman–Crippen LogP) is 1.74. The number of phenols is 1. The van der Waals surface area contributed by atoms with Gasteiger partial charge in [0, 0.05) is 19.1 Å². The first-order valence-corrected chi connectivity index (χ1v) is 6.53. The molecule has 0 radical (unpaired) electrons. The van der Waals surface area contributed by atoms with Crippen molar-refractivity contribution in [3.8, 4) is 5.75 Å². The summed E-state index contributed by atoms with van der Waals surface area (Å²) in [5.74, 6) is -0.0621. The van der Waals surface area contributed by atoms with E-state index in [1.54, 1.807) is 24.3 Å². The molecule has 4 nitrogen and oxygen atoms in total. The topological polar surface area (TPSA) is 66.6 Å². The lowest BCUT2D eigenvalue weighted by molar-refractivity contribution is 0.0685. The lowest BCUT2D eigenvalue weighted by Gasteiger charge is -2.28. The van der Waals surface area contributed by atoms with Crippen LogP contribution in [0, 0.1) is 0 Å². The van der Waals surface area contributed by atoms with Gasteiger partial charge in [0.15, 0.2) is 0 Å². The number of benzene rings is 1. The van der Waals surface area contributed by atoms with Crippen molar-refractivity contribution in [1.29, 1.82) is 0 Å². The van der Waals surface area contributed by atoms with Gasteiger partial charge in [0.25, 0.3) is 5.91 Å². The Labute approximate surface area is 107 Å². The monoisotopic (exact) mass is 248 g/mol. The third-order valence-corrected chi connectivity index (χ3v) is 3.53. The minimum Gasteiger partial charge on any atom is -0.507 e. The van der Waals surface area contributed by atoms with E-state index in [4.69, 9.17) is 5.73 Å². The van der Waals surface area contributed by atoms with Crippen molar-refractivity contribution < 1.29 is 9.90 Å². The number of nitrogens with zero attached hydrogens (tertiary/aromatic N) is 1. The zero-order valence-corrected chi connectivity index (χ0v) is 10.5. The molecule has 1 amide bonds. The van der Waals surface area contributed by atoms with Gasteiger partial charge in [-0.15, -0.1) is 0 Å². The highest BCUT2D eigenvalue weighted by molar-refractivity contribution is 5.97. The minimum absolute atomic E-state index is 0.0440. The second kappa shape index (κ2) is 5.87. The number of rotatable bonds is 4. The number of para-hydroxylation sites is 1. The molecule has 98 valence electrons. The van der Waals surface area contributed by atoms with Gasteiger partial charge in [0.2, 0.25) is 0 Å². The fourth-order valence-electron chi connectivity index (χ4n) is 2.61. The maximum absolute atomic E-state index is 12.5. The zero-order valence-electron chi connectivity index (χ0n) is 10.5. The molecule has 1 aromatic rings. The van der Waals surface area contributed by atoms with Gasteiger partial charge in [-0.3, -0.25) is 4.79 Å². The molecular weight excluding hydrogens is 228 g/mol. The van der Waals surface area contributed by atoms with E-state index < -0.39 is 0 Å². The van der Waals surface area contributed by atoms with Gasteiger partial charge >= 0.3 is 0 Å². The number of phenolic OH excluding ortho intramolecular Hbond substituents is 1. The number of aromatic hydroxyl groups is 1. The standard InChI is InChI=1S/C14H20N2O2/c15-9-10-16(11-5-1-2-6-11)14(18)12-7-3-4-8-13(12)17/h3-4,7-8,11,17H,1-2,5-6,9-10,15H2. The highest BCUT2D eigenvalue weighted by atomic mass is 16.3. The van der Waals surface area contributed by atoms with Crippen LogP contribution in [0.3, 0.4) is 0 Å². The maximum Gasteiger partial charge on any atom is 0.257 e. The summed E-state index contributed by atoms with van der Waals surface area (Å²) in [6.45, 7) is 1.01. The fourth-order valence-corrected chi connectivity index (χ4v) is 2.61. The first-order valence-electron chi connectivity index (χ1n) is 6.53. The van der Waals surface area contributed by atoms with E-state index in [9.17, 15) is 9.90 Å². The molecule has 0 atom stereocenters. The van der Waals surface area contributed by atoms with E-state index in [2.05, 4.69) is 0 Å². The molecule has 0 unspecified atom stereocenters. The van der Waals surface area contributed by atoms with Crippen molar-refractivity contribution in [2.75, 3.05) is 13.1 Å². The van der Waals surface area contributed by atoms with Crippen molar-refractivity contribution in [2.45, 2.75) is 31.7 Å². The van der Waals surface area contributed by atoms with Gasteiger partial charge < -0.3 is 15.7 Å². The van der Waals surface area contributed by atoms with E-state index in [0.717, 1.165) is 12.8 Å². The Hall–Kier alpha value is -1.55. The third-order valence-electron chi connectivity index (χ3n) is 3.53. The lowest BCUT2D eigenvalue weighted by Crippen LogP contribution is -2.42. The minimum atomic E-state index is -0.106. The predicted molar refractivity (Wildman–Crippen MR) is 70.5 cm³/mol. The SMILES string of the molecule is NCCN(C(=O)c1ccccc1O)C1CCCC1. The maximum atomic E-state index is 12.5. The highest BCUT2D eigenvalue weighted by Crippen LogP contribution is 2.26. The Morgan fingerprint density at radius 1 is 1.33 bits per heavy atom. The van der Waals surface area contributed by atoms with Crippen molar-refractivity contribution >= 4 is 5.91 Å². The normalized spacial score (nSPS) is 15.8. The number of carbonyl (C=O) groups is 1. The van der Waals surface area contributed by atoms with E-state index in [0.29, 0.717) is 18.7 Å². The Morgan fingerprint density at radius 2 is 2.00 bits per heavy atom. The van der Waals surface area contributed by atoms with Gasteiger partial charge in [0.1, 0.15) is 5.75 Å². The zero-order chi connectivity index (χ0) is 13.0. The smallest absolute Gasteiger partial charge is 0.257 e. The second-order valence-corrected chi connectivity index (χ2v) is 4.74. The quantitative estimate of drug-likeness (QED) is 0.853. The van der Waals surface area contributed by atoms with Gasteiger partial charge in [-0.2, -0.15) is 0 Å². The van der Waals surface area contributed by atoms with Gasteiger partial charge in [-0.1, -0.05) is 25.0 Å². The summed E-state index contributed by atoms with van der Waals surface area (Å²) in [5, 5.41) is 9.76. The molecular formula is C14H20N2O2. The number of amides is 1. The van der Waals surface area contributed by atoms with Crippen LogP contribution in [-0.4, -0.2) is 35.0 Å². The van der Waals surface area contributed by atoms with E-state index >= 15 is 0 Å². The van der Waals surface area contributed by atoms with Crippen LogP contribution in [0.2, 0.25) is 0 Å². The number of nitrogens with two attached hydrogens (primary N) is 1. The van der Waals surface area contributed by atoms with Crippen LogP contribution < -0.4 is 5.73 Å². The van der Waals surface area contributed by atoms with Crippen LogP contribution in [0.5, 0.6) is 5.75 Å². The molecule has 0 spiro atoms. The molecule has 1 aliphatic carbocycles. The Bertz CT molecular complexity index is 414. The fraction of sp³-hybridized carbons (Fsp3) is 0.500. The van der Waals surface area contributed by atoms with Crippen LogP contribution in [-0.2, 0) is 0 Å². The van der Waals surface area contributed by atoms with E-state index in [1.807, 2.05) is 4.90 Å². The van der Waals surface area contributed by atoms with Gasteiger partial charge in [-0.05, 0) is 25.0 Å². The highest BCUT2D eigenvalue weighted by Gasteiger charge is 2.27. The molecule has 1 saturated carbocycles. The Balaban J connectivity index is 2.20. The number of hydrogen-bond acceptors (Lipinski definition) is 3. The van der Waals surface area contributed by atoms with Crippen LogP contribution in [0.25, 0.3) is 0 Å². The molecule has 0 bridgehead atoms. The molecule has 0 saturated heterocycles. The molecule has 1 fully saturated rings. The summed E-state index contributed by atoms with van der Waals surface area (Å²) in [6.07, 6.45) is 4.41. The first kappa shape index (κ1) is 12.9. The Morgan fingerprint density at radius 3 is 2.61 bits per heavy atom. The van der Waals surface area contributed by atoms with Crippen LogP contribution >= 0.6 is 0 Å². The summed E-state index contributed by atoms with van der Waals surface area (Å²) in [7, 11) is 0.